The molecule has 3 N–H and O–H groups in total. The molecule has 4 rings (SSSR count). The number of rotatable bonds is 7. The molecule has 0 saturated carbocycles. The molecule has 0 aromatic carbocycles. The zero-order valence-electron chi connectivity index (χ0n) is 15.2. The predicted molar refractivity (Wildman–Crippen MR) is 93.9 cm³/mol. The Hall–Kier alpha value is -2.38. The van der Waals surface area contributed by atoms with E-state index in [1.807, 2.05) is 0 Å². The van der Waals surface area contributed by atoms with E-state index in [0.717, 1.165) is 11.5 Å². The first-order valence-electron chi connectivity index (χ1n) is 8.93. The van der Waals surface area contributed by atoms with Crippen LogP contribution in [0.1, 0.15) is 12.6 Å². The van der Waals surface area contributed by atoms with Crippen molar-refractivity contribution in [2.24, 2.45) is 0 Å². The van der Waals surface area contributed by atoms with E-state index < -0.39 is 24.5 Å². The SMILES string of the molecule is CN(C=O)OC[C@H]1OC(n2cnc3c(N[C@@H]4CCOC4)ncnc32)[C@H](O)[C@@H]1O. The van der Waals surface area contributed by atoms with Gasteiger partial charge in [-0.1, -0.05) is 0 Å². The molecule has 1 unspecified atom stereocenters. The van der Waals surface area contributed by atoms with E-state index in [9.17, 15) is 15.0 Å². The summed E-state index contributed by atoms with van der Waals surface area (Å²) in [6.45, 7) is 1.20. The van der Waals surface area contributed by atoms with Gasteiger partial charge in [-0.2, -0.15) is 0 Å². The van der Waals surface area contributed by atoms with Crippen LogP contribution >= 0.6 is 0 Å². The highest BCUT2D eigenvalue weighted by Gasteiger charge is 2.44. The number of carbonyl (C=O) groups excluding carboxylic acids is 1. The lowest BCUT2D eigenvalue weighted by molar-refractivity contribution is -0.181. The number of nitrogens with one attached hydrogen (secondary N) is 1. The van der Waals surface area contributed by atoms with Gasteiger partial charge in [0, 0.05) is 13.7 Å². The second kappa shape index (κ2) is 7.93. The predicted octanol–water partition coefficient (Wildman–Crippen LogP) is -1.33. The van der Waals surface area contributed by atoms with Gasteiger partial charge in [-0.25, -0.2) is 20.0 Å². The largest absolute Gasteiger partial charge is 0.387 e. The van der Waals surface area contributed by atoms with E-state index in [1.165, 1.54) is 19.7 Å². The summed E-state index contributed by atoms with van der Waals surface area (Å²) < 4.78 is 12.7. The molecule has 12 heteroatoms. The molecule has 0 spiro atoms. The van der Waals surface area contributed by atoms with Crippen molar-refractivity contribution in [1.82, 2.24) is 24.6 Å². The van der Waals surface area contributed by atoms with Gasteiger partial charge in [-0.05, 0) is 6.42 Å². The summed E-state index contributed by atoms with van der Waals surface area (Å²) in [7, 11) is 1.42. The molecular weight excluding hydrogens is 372 g/mol. The molecule has 0 aliphatic carbocycles. The highest BCUT2D eigenvalue weighted by molar-refractivity contribution is 5.82. The fourth-order valence-corrected chi connectivity index (χ4v) is 3.30. The lowest BCUT2D eigenvalue weighted by Gasteiger charge is -2.17. The van der Waals surface area contributed by atoms with Crippen molar-refractivity contribution in [1.29, 1.82) is 0 Å². The summed E-state index contributed by atoms with van der Waals surface area (Å²) in [5.41, 5.74) is 0.985. The van der Waals surface area contributed by atoms with Crippen LogP contribution in [0.4, 0.5) is 5.82 Å². The van der Waals surface area contributed by atoms with Crippen LogP contribution in [0.3, 0.4) is 0 Å². The number of amides is 1. The Morgan fingerprint density at radius 2 is 2.25 bits per heavy atom. The van der Waals surface area contributed by atoms with Crippen LogP contribution in [-0.4, -0.2) is 92.4 Å². The average Bonchev–Trinajstić information content (AvgIpc) is 3.42. The second-order valence-electron chi connectivity index (χ2n) is 6.74. The average molecular weight is 394 g/mol. The lowest BCUT2D eigenvalue weighted by Crippen LogP contribution is -2.35. The summed E-state index contributed by atoms with van der Waals surface area (Å²) in [5, 5.41) is 25.0. The van der Waals surface area contributed by atoms with Gasteiger partial charge in [0.05, 0.1) is 19.0 Å². The number of hydrogen-bond acceptors (Lipinski definition) is 10. The Kier molecular flexibility index (Phi) is 5.37. The number of carbonyl (C=O) groups is 1. The third-order valence-electron chi connectivity index (χ3n) is 4.83. The van der Waals surface area contributed by atoms with Crippen LogP contribution in [0.2, 0.25) is 0 Å². The normalized spacial score (nSPS) is 30.0. The molecule has 12 nitrogen and oxygen atoms in total. The van der Waals surface area contributed by atoms with Crippen LogP contribution in [-0.2, 0) is 19.1 Å². The van der Waals surface area contributed by atoms with Gasteiger partial charge in [0.1, 0.15) is 31.2 Å². The van der Waals surface area contributed by atoms with Gasteiger partial charge in [0.15, 0.2) is 23.2 Å². The Balaban J connectivity index is 1.54. The molecule has 28 heavy (non-hydrogen) atoms. The number of anilines is 1. The minimum absolute atomic E-state index is 0.0972. The van der Waals surface area contributed by atoms with Crippen LogP contribution < -0.4 is 5.32 Å². The molecule has 0 bridgehead atoms. The molecule has 2 aliphatic rings. The van der Waals surface area contributed by atoms with Crippen LogP contribution in [0.5, 0.6) is 0 Å². The number of fused-ring (bicyclic) bond motifs is 1. The standard InChI is InChI=1S/C16H22N6O6/c1-21(8-23)27-5-10-12(24)13(25)16(28-10)22-7-19-11-14(17-6-18-15(11)22)20-9-2-3-26-4-9/h6-10,12-13,16,24-25H,2-5H2,1H3,(H,17,18,20)/t9-,10-,12-,13-,16?/m1/s1. The zero-order valence-corrected chi connectivity index (χ0v) is 15.2. The highest BCUT2D eigenvalue weighted by atomic mass is 16.7. The van der Waals surface area contributed by atoms with E-state index in [1.54, 1.807) is 4.57 Å². The summed E-state index contributed by atoms with van der Waals surface area (Å²) in [4.78, 5) is 28.6. The molecule has 2 saturated heterocycles. The first kappa shape index (κ1) is 19.0. The third kappa shape index (κ3) is 3.52. The summed E-state index contributed by atoms with van der Waals surface area (Å²) in [6, 6.07) is 0.148. The first-order valence-corrected chi connectivity index (χ1v) is 8.93. The Morgan fingerprint density at radius 3 is 3.00 bits per heavy atom. The Bertz CT molecular complexity index is 827. The van der Waals surface area contributed by atoms with Crippen molar-refractivity contribution < 1.29 is 29.3 Å². The molecule has 0 radical (unpaired) electrons. The summed E-state index contributed by atoms with van der Waals surface area (Å²) in [5.74, 6) is 0.569. The minimum atomic E-state index is -1.22. The number of ether oxygens (including phenoxy) is 2. The molecule has 4 heterocycles. The third-order valence-corrected chi connectivity index (χ3v) is 4.83. The highest BCUT2D eigenvalue weighted by Crippen LogP contribution is 2.32. The van der Waals surface area contributed by atoms with Gasteiger partial charge in [-0.15, -0.1) is 0 Å². The van der Waals surface area contributed by atoms with E-state index in [4.69, 9.17) is 14.3 Å². The fraction of sp³-hybridized carbons (Fsp3) is 0.625. The summed E-state index contributed by atoms with van der Waals surface area (Å²) in [6.07, 6.45) is 0.0918. The quantitative estimate of drug-likeness (QED) is 0.381. The number of aromatic nitrogens is 4. The lowest BCUT2D eigenvalue weighted by atomic mass is 10.1. The number of imidazole rings is 1. The van der Waals surface area contributed by atoms with Gasteiger partial charge in [0.2, 0.25) is 6.41 Å². The molecule has 2 aromatic rings. The monoisotopic (exact) mass is 394 g/mol. The molecule has 2 fully saturated rings. The maximum atomic E-state index is 10.6. The van der Waals surface area contributed by atoms with Gasteiger partial charge < -0.3 is 25.0 Å². The number of nitrogens with zero attached hydrogens (tertiary/aromatic N) is 5. The molecule has 1 amide bonds. The van der Waals surface area contributed by atoms with Gasteiger partial charge in [-0.3, -0.25) is 14.2 Å². The maximum Gasteiger partial charge on any atom is 0.233 e. The van der Waals surface area contributed by atoms with E-state index in [-0.39, 0.29) is 12.6 Å². The Morgan fingerprint density at radius 1 is 1.39 bits per heavy atom. The van der Waals surface area contributed by atoms with E-state index in [2.05, 4.69) is 20.3 Å². The van der Waals surface area contributed by atoms with Gasteiger partial charge >= 0.3 is 0 Å². The number of aliphatic hydroxyl groups is 2. The molecular formula is C16H22N6O6. The van der Waals surface area contributed by atoms with Crippen molar-refractivity contribution in [2.45, 2.75) is 37.0 Å². The van der Waals surface area contributed by atoms with Crippen LogP contribution in [0.25, 0.3) is 11.2 Å². The van der Waals surface area contributed by atoms with Crippen molar-refractivity contribution in [2.75, 3.05) is 32.2 Å². The molecule has 5 atom stereocenters. The molecule has 2 aromatic heterocycles. The molecule has 152 valence electrons. The topological polar surface area (TPSA) is 144 Å². The zero-order chi connectivity index (χ0) is 19.7. The maximum absolute atomic E-state index is 10.6. The van der Waals surface area contributed by atoms with Crippen LogP contribution in [0, 0.1) is 0 Å². The molecule has 2 aliphatic heterocycles. The number of hydroxylamine groups is 2. The smallest absolute Gasteiger partial charge is 0.233 e. The van der Waals surface area contributed by atoms with Crippen molar-refractivity contribution in [3.05, 3.63) is 12.7 Å². The first-order chi connectivity index (χ1) is 13.6. The van der Waals surface area contributed by atoms with Crippen molar-refractivity contribution >= 4 is 23.4 Å². The van der Waals surface area contributed by atoms with E-state index in [0.29, 0.717) is 36.6 Å². The van der Waals surface area contributed by atoms with Gasteiger partial charge in [0.25, 0.3) is 0 Å². The van der Waals surface area contributed by atoms with Crippen LogP contribution in [0.15, 0.2) is 12.7 Å². The summed E-state index contributed by atoms with van der Waals surface area (Å²) >= 11 is 0. The number of hydrogen-bond donors (Lipinski definition) is 3. The second-order valence-corrected chi connectivity index (χ2v) is 6.74. The van der Waals surface area contributed by atoms with Crippen molar-refractivity contribution in [3.63, 3.8) is 0 Å². The fourth-order valence-electron chi connectivity index (χ4n) is 3.30. The van der Waals surface area contributed by atoms with E-state index >= 15 is 0 Å². The van der Waals surface area contributed by atoms with Crippen molar-refractivity contribution in [3.8, 4) is 0 Å². The minimum Gasteiger partial charge on any atom is -0.387 e. The number of aliphatic hydroxyl groups excluding tert-OH is 2. The Labute approximate surface area is 160 Å².